The number of hydrogen-bond acceptors (Lipinski definition) is 4. The van der Waals surface area contributed by atoms with Gasteiger partial charge in [-0.2, -0.15) is 5.10 Å². The first-order chi connectivity index (χ1) is 14.6. The Morgan fingerprint density at radius 2 is 1.73 bits per heavy atom. The maximum Gasteiger partial charge on any atom is 0.336 e. The number of unbranched alkanes of at least 4 members (excludes halogenated alkanes) is 2. The number of pyridine rings is 1. The summed E-state index contributed by atoms with van der Waals surface area (Å²) in [5.41, 5.74) is 2.94. The highest BCUT2D eigenvalue weighted by Crippen LogP contribution is 2.23. The molecule has 6 nitrogen and oxygen atoms in total. The molecule has 0 saturated heterocycles. The van der Waals surface area contributed by atoms with Crippen LogP contribution in [0.15, 0.2) is 42.7 Å². The largest absolute Gasteiger partial charge is 0.478 e. The molecule has 2 heterocycles. The molecular weight excluding hydrogens is 376 g/mol. The van der Waals surface area contributed by atoms with E-state index >= 15 is 0 Å². The highest BCUT2D eigenvalue weighted by molar-refractivity contribution is 5.95. The molecule has 0 aliphatic rings. The summed E-state index contributed by atoms with van der Waals surface area (Å²) in [5.74, 6) is 1.10. The van der Waals surface area contributed by atoms with Crippen LogP contribution >= 0.6 is 0 Å². The predicted molar refractivity (Wildman–Crippen MR) is 118 cm³/mol. The summed E-state index contributed by atoms with van der Waals surface area (Å²) in [6.07, 6.45) is 10.4. The van der Waals surface area contributed by atoms with Crippen LogP contribution in [0.1, 0.15) is 67.1 Å². The van der Waals surface area contributed by atoms with Crippen molar-refractivity contribution in [1.82, 2.24) is 19.7 Å². The molecule has 1 aromatic carbocycles. The molecule has 30 heavy (non-hydrogen) atoms. The average molecular weight is 407 g/mol. The van der Waals surface area contributed by atoms with Crippen LogP contribution in [0.3, 0.4) is 0 Å². The average Bonchev–Trinajstić information content (AvgIpc) is 3.17. The summed E-state index contributed by atoms with van der Waals surface area (Å²) >= 11 is 0. The fourth-order valence-corrected chi connectivity index (χ4v) is 3.46. The predicted octanol–water partition coefficient (Wildman–Crippen LogP) is 4.97. The second-order valence-corrected chi connectivity index (χ2v) is 7.55. The van der Waals surface area contributed by atoms with Crippen LogP contribution in [0.2, 0.25) is 0 Å². The van der Waals surface area contributed by atoms with Gasteiger partial charge in [-0.15, -0.1) is 0 Å². The smallest absolute Gasteiger partial charge is 0.336 e. The van der Waals surface area contributed by atoms with Crippen molar-refractivity contribution in [2.24, 2.45) is 0 Å². The first-order valence-electron chi connectivity index (χ1n) is 10.8. The molecule has 1 N–H and O–H groups in total. The third kappa shape index (κ3) is 5.53. The number of benzene rings is 1. The molecule has 0 fully saturated rings. The van der Waals surface area contributed by atoms with Crippen LogP contribution in [0.25, 0.3) is 11.1 Å². The molecule has 6 heteroatoms. The van der Waals surface area contributed by atoms with E-state index in [0.29, 0.717) is 5.56 Å². The molecule has 0 aliphatic carbocycles. The fourth-order valence-electron chi connectivity index (χ4n) is 3.46. The SMILES string of the molecule is CCCCc1nc(CCCC)n(CCc2ccc(-c3cnccc3C(=O)O)cc2)n1. The van der Waals surface area contributed by atoms with Crippen molar-refractivity contribution in [3.05, 3.63) is 65.5 Å². The third-order valence-electron chi connectivity index (χ3n) is 5.23. The number of nitrogens with zero attached hydrogens (tertiary/aromatic N) is 4. The third-order valence-corrected chi connectivity index (χ3v) is 5.23. The quantitative estimate of drug-likeness (QED) is 0.486. The Labute approximate surface area is 178 Å². The fraction of sp³-hybridized carbons (Fsp3) is 0.417. The molecule has 0 atom stereocenters. The summed E-state index contributed by atoms with van der Waals surface area (Å²) in [5, 5.41) is 14.1. The minimum Gasteiger partial charge on any atom is -0.478 e. The second-order valence-electron chi connectivity index (χ2n) is 7.55. The number of rotatable bonds is 11. The van der Waals surface area contributed by atoms with Crippen molar-refractivity contribution >= 4 is 5.97 Å². The number of carbonyl (C=O) groups is 1. The Kier molecular flexibility index (Phi) is 7.71. The highest BCUT2D eigenvalue weighted by Gasteiger charge is 2.12. The summed E-state index contributed by atoms with van der Waals surface area (Å²) in [6, 6.07) is 9.56. The van der Waals surface area contributed by atoms with Gasteiger partial charge in [-0.25, -0.2) is 14.5 Å². The number of aromatic carboxylic acids is 1. The summed E-state index contributed by atoms with van der Waals surface area (Å²) in [4.78, 5) is 20.3. The van der Waals surface area contributed by atoms with E-state index in [4.69, 9.17) is 10.1 Å². The van der Waals surface area contributed by atoms with Gasteiger partial charge in [-0.3, -0.25) is 4.98 Å². The van der Waals surface area contributed by atoms with E-state index in [2.05, 4.69) is 35.6 Å². The maximum absolute atomic E-state index is 11.5. The van der Waals surface area contributed by atoms with Gasteiger partial charge < -0.3 is 5.11 Å². The molecule has 0 spiro atoms. The summed E-state index contributed by atoms with van der Waals surface area (Å²) in [7, 11) is 0. The van der Waals surface area contributed by atoms with E-state index in [9.17, 15) is 9.90 Å². The van der Waals surface area contributed by atoms with Crippen LogP contribution in [0.5, 0.6) is 0 Å². The summed E-state index contributed by atoms with van der Waals surface area (Å²) < 4.78 is 2.07. The molecule has 0 saturated carbocycles. The zero-order valence-corrected chi connectivity index (χ0v) is 17.8. The van der Waals surface area contributed by atoms with Crippen molar-refractivity contribution in [2.75, 3.05) is 0 Å². The van der Waals surface area contributed by atoms with Gasteiger partial charge in [0.2, 0.25) is 0 Å². The lowest BCUT2D eigenvalue weighted by Crippen LogP contribution is -2.08. The molecular formula is C24H30N4O2. The van der Waals surface area contributed by atoms with Gasteiger partial charge in [-0.1, -0.05) is 51.0 Å². The lowest BCUT2D eigenvalue weighted by atomic mass is 10.00. The van der Waals surface area contributed by atoms with Crippen molar-refractivity contribution in [2.45, 2.75) is 65.3 Å². The lowest BCUT2D eigenvalue weighted by Gasteiger charge is -2.08. The molecule has 0 bridgehead atoms. The van der Waals surface area contributed by atoms with Crippen LogP contribution in [0.4, 0.5) is 0 Å². The Morgan fingerprint density at radius 3 is 2.43 bits per heavy atom. The molecule has 3 aromatic rings. The van der Waals surface area contributed by atoms with Crippen LogP contribution in [0, 0.1) is 0 Å². The lowest BCUT2D eigenvalue weighted by molar-refractivity contribution is 0.0697. The van der Waals surface area contributed by atoms with Crippen molar-refractivity contribution in [1.29, 1.82) is 0 Å². The molecule has 3 rings (SSSR count). The Bertz CT molecular complexity index is 964. The van der Waals surface area contributed by atoms with E-state index in [0.717, 1.165) is 68.7 Å². The van der Waals surface area contributed by atoms with Gasteiger partial charge in [0, 0.05) is 37.3 Å². The number of hydrogen-bond donors (Lipinski definition) is 1. The first-order valence-corrected chi connectivity index (χ1v) is 10.8. The number of carboxylic acid groups (broad SMARTS) is 1. The Morgan fingerprint density at radius 1 is 1.00 bits per heavy atom. The Balaban J connectivity index is 1.71. The van der Waals surface area contributed by atoms with Gasteiger partial charge >= 0.3 is 5.97 Å². The van der Waals surface area contributed by atoms with E-state index in [1.807, 2.05) is 12.1 Å². The van der Waals surface area contributed by atoms with Gasteiger partial charge in [0.05, 0.1) is 5.56 Å². The van der Waals surface area contributed by atoms with E-state index in [1.54, 1.807) is 6.20 Å². The molecule has 0 amide bonds. The first kappa shape index (κ1) is 21.7. The number of aromatic nitrogens is 4. The topological polar surface area (TPSA) is 80.9 Å². The normalized spacial score (nSPS) is 11.0. The van der Waals surface area contributed by atoms with E-state index < -0.39 is 5.97 Å². The molecule has 0 unspecified atom stereocenters. The van der Waals surface area contributed by atoms with E-state index in [1.165, 1.54) is 17.8 Å². The second kappa shape index (κ2) is 10.7. The summed E-state index contributed by atoms with van der Waals surface area (Å²) in [6.45, 7) is 5.17. The minimum atomic E-state index is -0.943. The van der Waals surface area contributed by atoms with Gasteiger partial charge in [0.1, 0.15) is 5.82 Å². The standard InChI is InChI=1S/C24H30N4O2/c1-3-5-7-22-26-23(8-6-4-2)28(27-22)16-14-18-9-11-19(12-10-18)21-17-25-15-13-20(21)24(29)30/h9-13,15,17H,3-8,14,16H2,1-2H3,(H,29,30). The van der Waals surface area contributed by atoms with Gasteiger partial charge in [0.25, 0.3) is 0 Å². The molecule has 0 aliphatic heterocycles. The van der Waals surface area contributed by atoms with Crippen molar-refractivity contribution in [3.63, 3.8) is 0 Å². The zero-order valence-electron chi connectivity index (χ0n) is 17.8. The highest BCUT2D eigenvalue weighted by atomic mass is 16.4. The van der Waals surface area contributed by atoms with Crippen molar-refractivity contribution < 1.29 is 9.90 Å². The van der Waals surface area contributed by atoms with Gasteiger partial charge in [0.15, 0.2) is 5.82 Å². The van der Waals surface area contributed by atoms with Crippen LogP contribution in [-0.4, -0.2) is 30.8 Å². The molecule has 158 valence electrons. The molecule has 0 radical (unpaired) electrons. The maximum atomic E-state index is 11.5. The molecule has 2 aromatic heterocycles. The Hall–Kier alpha value is -3.02. The zero-order chi connectivity index (χ0) is 21.3. The van der Waals surface area contributed by atoms with E-state index in [-0.39, 0.29) is 5.56 Å². The van der Waals surface area contributed by atoms with Crippen molar-refractivity contribution in [3.8, 4) is 11.1 Å². The van der Waals surface area contributed by atoms with Crippen LogP contribution in [-0.2, 0) is 25.8 Å². The van der Waals surface area contributed by atoms with Crippen LogP contribution < -0.4 is 0 Å². The van der Waals surface area contributed by atoms with Gasteiger partial charge in [-0.05, 0) is 36.5 Å². The number of aryl methyl sites for hydroxylation is 4. The number of carboxylic acids is 1. The minimum absolute atomic E-state index is 0.264. The monoisotopic (exact) mass is 406 g/mol.